The van der Waals surface area contributed by atoms with E-state index in [1.165, 1.54) is 24.2 Å². The topological polar surface area (TPSA) is 133 Å². The van der Waals surface area contributed by atoms with Crippen molar-refractivity contribution in [2.24, 2.45) is 11.7 Å². The molecule has 178 valence electrons. The molecule has 0 radical (unpaired) electrons. The van der Waals surface area contributed by atoms with Crippen LogP contribution in [0.25, 0.3) is 0 Å². The Morgan fingerprint density at radius 3 is 2.13 bits per heavy atom. The minimum absolute atomic E-state index is 0.0760. The summed E-state index contributed by atoms with van der Waals surface area (Å²) in [6.45, 7) is 0.171. The lowest BCUT2D eigenvalue weighted by Gasteiger charge is -2.33. The van der Waals surface area contributed by atoms with E-state index in [-0.39, 0.29) is 18.5 Å². The molecule has 0 bridgehead atoms. The zero-order valence-electron chi connectivity index (χ0n) is 18.8. The summed E-state index contributed by atoms with van der Waals surface area (Å²) in [5.41, 5.74) is 5.61. The molecule has 0 aromatic carbocycles. The van der Waals surface area contributed by atoms with Crippen LogP contribution in [0.4, 0.5) is 0 Å². The van der Waals surface area contributed by atoms with E-state index in [1.54, 1.807) is 0 Å². The zero-order valence-corrected chi connectivity index (χ0v) is 18.8. The van der Waals surface area contributed by atoms with Gasteiger partial charge < -0.3 is 20.8 Å². The Kier molecular flexibility index (Phi) is 11.3. The minimum Gasteiger partial charge on any atom is -0.480 e. The van der Waals surface area contributed by atoms with Crippen molar-refractivity contribution in [3.05, 3.63) is 0 Å². The maximum absolute atomic E-state index is 13.4. The number of carbonyl (C=O) groups excluding carboxylic acids is 1. The van der Waals surface area contributed by atoms with Crippen molar-refractivity contribution < 1.29 is 24.6 Å². The maximum Gasteiger partial charge on any atom is 0.323 e. The number of nitrogens with zero attached hydrogens (tertiary/aromatic N) is 1. The summed E-state index contributed by atoms with van der Waals surface area (Å²) in [6.07, 6.45) is 12.8. The molecule has 2 atom stereocenters. The number of hydrogen-bond acceptors (Lipinski definition) is 5. The van der Waals surface area contributed by atoms with Gasteiger partial charge >= 0.3 is 11.9 Å². The number of carbonyl (C=O) groups is 3. The van der Waals surface area contributed by atoms with Crippen LogP contribution in [0.5, 0.6) is 0 Å². The molecule has 0 spiro atoms. The van der Waals surface area contributed by atoms with Gasteiger partial charge in [-0.15, -0.1) is 0 Å². The number of rotatable bonds is 14. The lowest BCUT2D eigenvalue weighted by molar-refractivity contribution is -0.148. The number of amides is 1. The van der Waals surface area contributed by atoms with Crippen molar-refractivity contribution in [3.8, 4) is 0 Å². The molecule has 31 heavy (non-hydrogen) atoms. The maximum atomic E-state index is 13.4. The second-order valence-corrected chi connectivity index (χ2v) is 9.27. The Morgan fingerprint density at radius 2 is 1.55 bits per heavy atom. The molecule has 0 heterocycles. The Balaban J connectivity index is 2.07. The molecule has 0 unspecified atom stereocenters. The lowest BCUT2D eigenvalue weighted by atomic mass is 9.85. The lowest BCUT2D eigenvalue weighted by Crippen LogP contribution is -2.55. The average molecular weight is 440 g/mol. The SMILES string of the molecule is NCCCC[C@H](N[C@@H](CCC1CCCCC1)C(=O)O)C(=O)N(CC(=O)O)C1CCCC1. The molecule has 5 N–H and O–H groups in total. The first-order chi connectivity index (χ1) is 14.9. The summed E-state index contributed by atoms with van der Waals surface area (Å²) in [7, 11) is 0. The standard InChI is InChI=1S/C23H41N3O5/c24-15-7-6-12-19(22(29)26(16-21(27)28)18-10-4-5-11-18)25-20(23(30)31)14-13-17-8-2-1-3-9-17/h17-20,25H,1-16,24H2,(H,27,28)(H,30,31)/t19-,20-/m0/s1. The third-order valence-electron chi connectivity index (χ3n) is 6.89. The molecule has 1 amide bonds. The van der Waals surface area contributed by atoms with Gasteiger partial charge in [0.15, 0.2) is 0 Å². The number of hydrogen-bond donors (Lipinski definition) is 4. The largest absolute Gasteiger partial charge is 0.480 e. The van der Waals surface area contributed by atoms with E-state index in [2.05, 4.69) is 5.32 Å². The molecule has 2 saturated carbocycles. The Labute approximate surface area is 185 Å². The van der Waals surface area contributed by atoms with Crippen LogP contribution >= 0.6 is 0 Å². The fraction of sp³-hybridized carbons (Fsp3) is 0.870. The molecule has 0 aromatic rings. The smallest absolute Gasteiger partial charge is 0.323 e. The second-order valence-electron chi connectivity index (χ2n) is 9.27. The Hall–Kier alpha value is -1.67. The van der Waals surface area contributed by atoms with Gasteiger partial charge in [0.05, 0.1) is 6.04 Å². The molecule has 0 aromatic heterocycles. The fourth-order valence-corrected chi connectivity index (χ4v) is 5.12. The molecule has 2 rings (SSSR count). The van der Waals surface area contributed by atoms with Crippen LogP contribution in [-0.4, -0.2) is 64.2 Å². The quantitative estimate of drug-likeness (QED) is 0.306. The van der Waals surface area contributed by atoms with Gasteiger partial charge in [-0.05, 0) is 51.0 Å². The number of carboxylic acid groups (broad SMARTS) is 2. The van der Waals surface area contributed by atoms with E-state index < -0.39 is 24.0 Å². The molecule has 0 saturated heterocycles. The van der Waals surface area contributed by atoms with Gasteiger partial charge in [-0.3, -0.25) is 19.7 Å². The van der Waals surface area contributed by atoms with E-state index in [4.69, 9.17) is 5.73 Å². The van der Waals surface area contributed by atoms with E-state index in [9.17, 15) is 24.6 Å². The van der Waals surface area contributed by atoms with Crippen LogP contribution in [0.15, 0.2) is 0 Å². The normalized spacial score (nSPS) is 19.8. The zero-order chi connectivity index (χ0) is 22.6. The van der Waals surface area contributed by atoms with E-state index in [0.717, 1.165) is 51.4 Å². The van der Waals surface area contributed by atoms with Gasteiger partial charge in [0.1, 0.15) is 12.6 Å². The highest BCUT2D eigenvalue weighted by atomic mass is 16.4. The third kappa shape index (κ3) is 8.77. The summed E-state index contributed by atoms with van der Waals surface area (Å²) in [5, 5.41) is 22.3. The molecule has 2 aliphatic rings. The highest BCUT2D eigenvalue weighted by Crippen LogP contribution is 2.28. The molecular weight excluding hydrogens is 398 g/mol. The predicted octanol–water partition coefficient (Wildman–Crippen LogP) is 2.74. The van der Waals surface area contributed by atoms with Crippen LogP contribution in [0.2, 0.25) is 0 Å². The summed E-state index contributed by atoms with van der Waals surface area (Å²) in [5.74, 6) is -1.70. The van der Waals surface area contributed by atoms with Crippen molar-refractivity contribution in [2.45, 2.75) is 108 Å². The van der Waals surface area contributed by atoms with E-state index in [0.29, 0.717) is 31.7 Å². The second kappa shape index (κ2) is 13.7. The van der Waals surface area contributed by atoms with Crippen molar-refractivity contribution in [2.75, 3.05) is 13.1 Å². The Bertz CT molecular complexity index is 574. The van der Waals surface area contributed by atoms with E-state index in [1.807, 2.05) is 0 Å². The molecule has 0 aliphatic heterocycles. The number of unbranched alkanes of at least 4 members (excludes halogenated alkanes) is 1. The molecule has 2 fully saturated rings. The van der Waals surface area contributed by atoms with Crippen LogP contribution < -0.4 is 11.1 Å². The summed E-state index contributed by atoms with van der Waals surface area (Å²) in [4.78, 5) is 38.3. The van der Waals surface area contributed by atoms with Crippen LogP contribution in [0.3, 0.4) is 0 Å². The number of nitrogens with two attached hydrogens (primary N) is 1. The van der Waals surface area contributed by atoms with Crippen LogP contribution in [0, 0.1) is 5.92 Å². The number of carboxylic acids is 2. The highest BCUT2D eigenvalue weighted by molar-refractivity contribution is 5.86. The van der Waals surface area contributed by atoms with Gasteiger partial charge in [0.25, 0.3) is 0 Å². The van der Waals surface area contributed by atoms with Crippen LogP contribution in [-0.2, 0) is 14.4 Å². The summed E-state index contributed by atoms with van der Waals surface area (Å²) >= 11 is 0. The highest BCUT2D eigenvalue weighted by Gasteiger charge is 2.34. The molecule has 2 aliphatic carbocycles. The van der Waals surface area contributed by atoms with Crippen molar-refractivity contribution in [3.63, 3.8) is 0 Å². The molecule has 8 nitrogen and oxygen atoms in total. The predicted molar refractivity (Wildman–Crippen MR) is 119 cm³/mol. The first-order valence-corrected chi connectivity index (χ1v) is 12.1. The third-order valence-corrected chi connectivity index (χ3v) is 6.89. The van der Waals surface area contributed by atoms with Gasteiger partial charge in [0.2, 0.25) is 5.91 Å². The Morgan fingerprint density at radius 1 is 0.903 bits per heavy atom. The molecule has 8 heteroatoms. The average Bonchev–Trinajstić information content (AvgIpc) is 3.28. The number of nitrogens with one attached hydrogen (secondary N) is 1. The van der Waals surface area contributed by atoms with Gasteiger partial charge in [-0.25, -0.2) is 0 Å². The molecular formula is C23H41N3O5. The summed E-state index contributed by atoms with van der Waals surface area (Å²) < 4.78 is 0. The van der Waals surface area contributed by atoms with E-state index >= 15 is 0 Å². The van der Waals surface area contributed by atoms with Gasteiger partial charge in [0, 0.05) is 6.04 Å². The van der Waals surface area contributed by atoms with Gasteiger partial charge in [-0.1, -0.05) is 51.4 Å². The first-order valence-electron chi connectivity index (χ1n) is 12.1. The van der Waals surface area contributed by atoms with Crippen molar-refractivity contribution >= 4 is 17.8 Å². The summed E-state index contributed by atoms with van der Waals surface area (Å²) in [6, 6.07) is -1.57. The minimum atomic E-state index is -1.03. The monoisotopic (exact) mass is 439 g/mol. The van der Waals surface area contributed by atoms with Gasteiger partial charge in [-0.2, -0.15) is 0 Å². The first kappa shape index (κ1) is 25.6. The van der Waals surface area contributed by atoms with Crippen LogP contribution in [0.1, 0.15) is 89.9 Å². The van der Waals surface area contributed by atoms with Crippen molar-refractivity contribution in [1.29, 1.82) is 0 Å². The van der Waals surface area contributed by atoms with Crippen molar-refractivity contribution in [1.82, 2.24) is 10.2 Å². The number of aliphatic carboxylic acids is 2. The fourth-order valence-electron chi connectivity index (χ4n) is 5.12.